The van der Waals surface area contributed by atoms with E-state index < -0.39 is 12.0 Å². The standard InChI is InChI=1S/C13H18FNO2/c1-3-4-5-11(13(16)17)15-12-8-10(14)7-6-9(12)2/h6-8,11,15H,3-5H2,1-2H3,(H,16,17). The molecule has 1 rings (SSSR count). The molecular formula is C13H18FNO2. The minimum absolute atomic E-state index is 0.363. The summed E-state index contributed by atoms with van der Waals surface area (Å²) in [6.45, 7) is 3.83. The Labute approximate surface area is 101 Å². The zero-order valence-corrected chi connectivity index (χ0v) is 10.2. The van der Waals surface area contributed by atoms with Gasteiger partial charge in [0, 0.05) is 5.69 Å². The van der Waals surface area contributed by atoms with Crippen molar-refractivity contribution in [1.29, 1.82) is 0 Å². The van der Waals surface area contributed by atoms with E-state index in [4.69, 9.17) is 5.11 Å². The molecule has 1 aromatic carbocycles. The number of benzene rings is 1. The Bertz CT molecular complexity index is 393. The molecule has 0 aromatic heterocycles. The highest BCUT2D eigenvalue weighted by molar-refractivity contribution is 5.77. The molecule has 0 radical (unpaired) electrons. The second-order valence-electron chi connectivity index (χ2n) is 4.14. The maximum absolute atomic E-state index is 13.1. The van der Waals surface area contributed by atoms with Crippen LogP contribution in [0.4, 0.5) is 10.1 Å². The number of anilines is 1. The number of halogens is 1. The van der Waals surface area contributed by atoms with Crippen LogP contribution in [-0.2, 0) is 4.79 Å². The smallest absolute Gasteiger partial charge is 0.326 e. The van der Waals surface area contributed by atoms with E-state index in [9.17, 15) is 9.18 Å². The normalized spacial score (nSPS) is 12.2. The highest BCUT2D eigenvalue weighted by atomic mass is 19.1. The molecule has 0 bridgehead atoms. The van der Waals surface area contributed by atoms with E-state index in [0.717, 1.165) is 18.4 Å². The first kappa shape index (κ1) is 13.5. The van der Waals surface area contributed by atoms with Crippen LogP contribution in [0.1, 0.15) is 31.7 Å². The average molecular weight is 239 g/mol. The minimum atomic E-state index is -0.901. The van der Waals surface area contributed by atoms with Gasteiger partial charge in [0.25, 0.3) is 0 Å². The fourth-order valence-corrected chi connectivity index (χ4v) is 1.60. The number of aliphatic carboxylic acids is 1. The summed E-state index contributed by atoms with van der Waals surface area (Å²) < 4.78 is 13.1. The lowest BCUT2D eigenvalue weighted by Gasteiger charge is -2.17. The van der Waals surface area contributed by atoms with Gasteiger partial charge in [0.15, 0.2) is 0 Å². The Hall–Kier alpha value is -1.58. The summed E-state index contributed by atoms with van der Waals surface area (Å²) in [6.07, 6.45) is 2.31. The lowest BCUT2D eigenvalue weighted by molar-refractivity contribution is -0.138. The number of unbranched alkanes of at least 4 members (excludes halogenated alkanes) is 1. The Morgan fingerprint density at radius 1 is 1.53 bits per heavy atom. The molecule has 0 heterocycles. The van der Waals surface area contributed by atoms with Crippen molar-refractivity contribution in [3.8, 4) is 0 Å². The van der Waals surface area contributed by atoms with Gasteiger partial charge in [-0.05, 0) is 31.0 Å². The topological polar surface area (TPSA) is 49.3 Å². The van der Waals surface area contributed by atoms with Crippen molar-refractivity contribution in [2.24, 2.45) is 0 Å². The summed E-state index contributed by atoms with van der Waals surface area (Å²) in [5.41, 5.74) is 1.39. The van der Waals surface area contributed by atoms with E-state index in [2.05, 4.69) is 5.32 Å². The fraction of sp³-hybridized carbons (Fsp3) is 0.462. The Morgan fingerprint density at radius 3 is 2.82 bits per heavy atom. The summed E-state index contributed by atoms with van der Waals surface area (Å²) in [5, 5.41) is 11.9. The molecular weight excluding hydrogens is 221 g/mol. The van der Waals surface area contributed by atoms with E-state index in [1.165, 1.54) is 12.1 Å². The lowest BCUT2D eigenvalue weighted by Crippen LogP contribution is -2.29. The predicted octanol–water partition coefficient (Wildman–Crippen LogP) is 3.19. The van der Waals surface area contributed by atoms with Gasteiger partial charge in [-0.25, -0.2) is 9.18 Å². The molecule has 1 unspecified atom stereocenters. The van der Waals surface area contributed by atoms with Gasteiger partial charge in [0.1, 0.15) is 11.9 Å². The Kier molecular flexibility index (Phi) is 4.94. The highest BCUT2D eigenvalue weighted by Crippen LogP contribution is 2.18. The Balaban J connectivity index is 2.78. The number of carbonyl (C=O) groups is 1. The van der Waals surface area contributed by atoms with Crippen LogP contribution in [-0.4, -0.2) is 17.1 Å². The van der Waals surface area contributed by atoms with Crippen molar-refractivity contribution in [3.63, 3.8) is 0 Å². The molecule has 0 fully saturated rings. The second-order valence-corrected chi connectivity index (χ2v) is 4.14. The maximum atomic E-state index is 13.1. The van der Waals surface area contributed by atoms with Crippen molar-refractivity contribution in [1.82, 2.24) is 0 Å². The van der Waals surface area contributed by atoms with Crippen molar-refractivity contribution < 1.29 is 14.3 Å². The number of rotatable bonds is 6. The monoisotopic (exact) mass is 239 g/mol. The van der Waals surface area contributed by atoms with Gasteiger partial charge in [0.2, 0.25) is 0 Å². The molecule has 1 aromatic rings. The molecule has 0 aliphatic heterocycles. The first-order chi connectivity index (χ1) is 8.04. The predicted molar refractivity (Wildman–Crippen MR) is 65.7 cm³/mol. The maximum Gasteiger partial charge on any atom is 0.326 e. The number of carboxylic acids is 1. The van der Waals surface area contributed by atoms with Crippen molar-refractivity contribution in [2.75, 3.05) is 5.32 Å². The van der Waals surface area contributed by atoms with Crippen LogP contribution in [0, 0.1) is 12.7 Å². The minimum Gasteiger partial charge on any atom is -0.480 e. The number of carboxylic acid groups (broad SMARTS) is 1. The third-order valence-electron chi connectivity index (χ3n) is 2.67. The molecule has 0 amide bonds. The van der Waals surface area contributed by atoms with Crippen molar-refractivity contribution >= 4 is 11.7 Å². The van der Waals surface area contributed by atoms with Crippen LogP contribution in [0.3, 0.4) is 0 Å². The summed E-state index contributed by atoms with van der Waals surface area (Å²) in [7, 11) is 0. The van der Waals surface area contributed by atoms with Crippen LogP contribution in [0.2, 0.25) is 0 Å². The first-order valence-corrected chi connectivity index (χ1v) is 5.80. The van der Waals surface area contributed by atoms with Crippen LogP contribution in [0.5, 0.6) is 0 Å². The second kappa shape index (κ2) is 6.23. The van der Waals surface area contributed by atoms with Gasteiger partial charge in [-0.3, -0.25) is 0 Å². The van der Waals surface area contributed by atoms with Gasteiger partial charge in [0.05, 0.1) is 0 Å². The SMILES string of the molecule is CCCCC(Nc1cc(F)ccc1C)C(=O)O. The van der Waals surface area contributed by atoms with Crippen LogP contribution < -0.4 is 5.32 Å². The zero-order valence-electron chi connectivity index (χ0n) is 10.2. The number of hydrogen-bond donors (Lipinski definition) is 2. The molecule has 0 saturated heterocycles. The largest absolute Gasteiger partial charge is 0.480 e. The quantitative estimate of drug-likeness (QED) is 0.801. The number of nitrogens with one attached hydrogen (secondary N) is 1. The molecule has 4 heteroatoms. The van der Waals surface area contributed by atoms with Crippen LogP contribution in [0.15, 0.2) is 18.2 Å². The van der Waals surface area contributed by atoms with E-state index in [0.29, 0.717) is 12.1 Å². The molecule has 3 nitrogen and oxygen atoms in total. The Morgan fingerprint density at radius 2 is 2.24 bits per heavy atom. The highest BCUT2D eigenvalue weighted by Gasteiger charge is 2.17. The number of hydrogen-bond acceptors (Lipinski definition) is 2. The molecule has 0 spiro atoms. The van der Waals surface area contributed by atoms with Gasteiger partial charge in [-0.15, -0.1) is 0 Å². The summed E-state index contributed by atoms with van der Waals surface area (Å²) in [4.78, 5) is 11.0. The molecule has 94 valence electrons. The third-order valence-corrected chi connectivity index (χ3v) is 2.67. The molecule has 0 aliphatic rings. The third kappa shape index (κ3) is 4.06. The summed E-state index contributed by atoms with van der Waals surface area (Å²) in [5.74, 6) is -1.26. The number of aryl methyl sites for hydroxylation is 1. The first-order valence-electron chi connectivity index (χ1n) is 5.80. The molecule has 0 aliphatic carbocycles. The van der Waals surface area contributed by atoms with E-state index in [1.54, 1.807) is 6.07 Å². The van der Waals surface area contributed by atoms with E-state index in [1.807, 2.05) is 13.8 Å². The van der Waals surface area contributed by atoms with Gasteiger partial charge in [-0.1, -0.05) is 25.8 Å². The van der Waals surface area contributed by atoms with E-state index in [-0.39, 0.29) is 5.82 Å². The summed E-state index contributed by atoms with van der Waals surface area (Å²) >= 11 is 0. The van der Waals surface area contributed by atoms with Gasteiger partial charge >= 0.3 is 5.97 Å². The van der Waals surface area contributed by atoms with E-state index >= 15 is 0 Å². The molecule has 0 saturated carbocycles. The van der Waals surface area contributed by atoms with Crippen molar-refractivity contribution in [3.05, 3.63) is 29.6 Å². The molecule has 1 atom stereocenters. The van der Waals surface area contributed by atoms with Gasteiger partial charge in [-0.2, -0.15) is 0 Å². The molecule has 17 heavy (non-hydrogen) atoms. The average Bonchev–Trinajstić information content (AvgIpc) is 2.28. The van der Waals surface area contributed by atoms with Crippen LogP contribution >= 0.6 is 0 Å². The fourth-order valence-electron chi connectivity index (χ4n) is 1.60. The molecule has 2 N–H and O–H groups in total. The lowest BCUT2D eigenvalue weighted by atomic mass is 10.1. The van der Waals surface area contributed by atoms with Crippen molar-refractivity contribution in [2.45, 2.75) is 39.2 Å². The zero-order chi connectivity index (χ0) is 12.8. The van der Waals surface area contributed by atoms with Gasteiger partial charge < -0.3 is 10.4 Å². The summed E-state index contributed by atoms with van der Waals surface area (Å²) in [6, 6.07) is 3.67. The van der Waals surface area contributed by atoms with Crippen LogP contribution in [0.25, 0.3) is 0 Å².